The molecule has 0 aromatic heterocycles. The van der Waals surface area contributed by atoms with Crippen LogP contribution in [0.2, 0.25) is 0 Å². The van der Waals surface area contributed by atoms with E-state index < -0.39 is 0 Å². The van der Waals surface area contributed by atoms with Crippen LogP contribution in [-0.2, 0) is 0 Å². The van der Waals surface area contributed by atoms with Crippen LogP contribution >= 0.6 is 0 Å². The average molecular weight is 216 g/mol. The van der Waals surface area contributed by atoms with Crippen LogP contribution in [0.3, 0.4) is 0 Å². The Morgan fingerprint density at radius 2 is 1.88 bits per heavy atom. The normalized spacial score (nSPS) is 34.2. The molecule has 0 saturated heterocycles. The van der Waals surface area contributed by atoms with E-state index in [0.29, 0.717) is 5.92 Å². The van der Waals surface area contributed by atoms with Crippen LogP contribution < -0.4 is 0 Å². The molecule has 2 aliphatic rings. The topological polar surface area (TPSA) is 20.2 Å². The highest BCUT2D eigenvalue weighted by atomic mass is 16.3. The molecule has 2 saturated carbocycles. The van der Waals surface area contributed by atoms with Crippen LogP contribution in [0.1, 0.15) is 42.9 Å². The van der Waals surface area contributed by atoms with Crippen molar-refractivity contribution < 1.29 is 5.11 Å². The summed E-state index contributed by atoms with van der Waals surface area (Å²) in [6.45, 7) is 2.09. The van der Waals surface area contributed by atoms with Crippen LogP contribution in [0, 0.1) is 24.7 Å². The van der Waals surface area contributed by atoms with Crippen molar-refractivity contribution in [2.24, 2.45) is 17.8 Å². The molecule has 86 valence electrons. The van der Waals surface area contributed by atoms with E-state index in [0.717, 1.165) is 17.4 Å². The Morgan fingerprint density at radius 1 is 1.12 bits per heavy atom. The summed E-state index contributed by atoms with van der Waals surface area (Å²) in [5.41, 5.74) is 2.38. The van der Waals surface area contributed by atoms with Crippen LogP contribution in [0.15, 0.2) is 24.3 Å². The minimum Gasteiger partial charge on any atom is -0.388 e. The van der Waals surface area contributed by atoms with Crippen molar-refractivity contribution in [2.45, 2.75) is 38.7 Å². The van der Waals surface area contributed by atoms with Gasteiger partial charge in [-0.25, -0.2) is 0 Å². The predicted octanol–water partition coefficient (Wildman–Crippen LogP) is 3.46. The molecule has 0 spiro atoms. The summed E-state index contributed by atoms with van der Waals surface area (Å²) in [4.78, 5) is 0. The fourth-order valence-electron chi connectivity index (χ4n) is 3.69. The maximum atomic E-state index is 10.4. The number of hydrogen-bond acceptors (Lipinski definition) is 1. The molecule has 1 aromatic rings. The smallest absolute Gasteiger partial charge is 0.0820 e. The van der Waals surface area contributed by atoms with Gasteiger partial charge in [0.1, 0.15) is 0 Å². The van der Waals surface area contributed by atoms with Gasteiger partial charge in [0.15, 0.2) is 0 Å². The van der Waals surface area contributed by atoms with E-state index in [1.54, 1.807) is 0 Å². The molecule has 1 heteroatoms. The molecule has 1 N–H and O–H groups in total. The fraction of sp³-hybridized carbons (Fsp3) is 0.600. The van der Waals surface area contributed by atoms with Crippen molar-refractivity contribution >= 4 is 0 Å². The number of fused-ring (bicyclic) bond motifs is 2. The van der Waals surface area contributed by atoms with Gasteiger partial charge in [0.05, 0.1) is 6.10 Å². The SMILES string of the molecule is Cc1ccc([C@@H](O)C2C[C@H]3CC[C@@H]2C3)cc1. The Kier molecular flexibility index (Phi) is 2.51. The van der Waals surface area contributed by atoms with Crippen LogP contribution in [0.4, 0.5) is 0 Å². The Hall–Kier alpha value is -0.820. The molecule has 0 radical (unpaired) electrons. The lowest BCUT2D eigenvalue weighted by molar-refractivity contribution is 0.0745. The van der Waals surface area contributed by atoms with E-state index in [1.807, 2.05) is 0 Å². The first-order chi connectivity index (χ1) is 7.74. The first-order valence-corrected chi connectivity index (χ1v) is 6.48. The summed E-state index contributed by atoms with van der Waals surface area (Å²) in [6, 6.07) is 8.38. The van der Waals surface area contributed by atoms with Gasteiger partial charge < -0.3 is 5.11 Å². The molecular formula is C15H20O. The summed E-state index contributed by atoms with van der Waals surface area (Å²) in [5, 5.41) is 10.4. The third-order valence-corrected chi connectivity index (χ3v) is 4.62. The maximum Gasteiger partial charge on any atom is 0.0820 e. The third kappa shape index (κ3) is 1.67. The van der Waals surface area contributed by atoms with Crippen molar-refractivity contribution in [1.29, 1.82) is 0 Å². The van der Waals surface area contributed by atoms with E-state index in [4.69, 9.17) is 0 Å². The van der Waals surface area contributed by atoms with E-state index >= 15 is 0 Å². The van der Waals surface area contributed by atoms with Crippen LogP contribution in [0.25, 0.3) is 0 Å². The molecule has 1 aromatic carbocycles. The molecule has 2 fully saturated rings. The van der Waals surface area contributed by atoms with E-state index in [2.05, 4.69) is 31.2 Å². The van der Waals surface area contributed by atoms with Crippen molar-refractivity contribution in [2.75, 3.05) is 0 Å². The number of aliphatic hydroxyl groups is 1. The zero-order valence-electron chi connectivity index (χ0n) is 9.89. The lowest BCUT2D eigenvalue weighted by atomic mass is 9.82. The van der Waals surface area contributed by atoms with Gasteiger partial charge in [0.2, 0.25) is 0 Å². The molecular weight excluding hydrogens is 196 g/mol. The highest BCUT2D eigenvalue weighted by Crippen LogP contribution is 2.52. The molecule has 1 nitrogen and oxygen atoms in total. The second kappa shape index (κ2) is 3.89. The molecule has 0 heterocycles. The monoisotopic (exact) mass is 216 g/mol. The highest BCUT2D eigenvalue weighted by Gasteiger charge is 2.42. The van der Waals surface area contributed by atoms with E-state index in [1.165, 1.54) is 31.2 Å². The van der Waals surface area contributed by atoms with E-state index in [9.17, 15) is 5.11 Å². The third-order valence-electron chi connectivity index (χ3n) is 4.62. The molecule has 3 rings (SSSR count). The van der Waals surface area contributed by atoms with Crippen molar-refractivity contribution in [3.8, 4) is 0 Å². The Morgan fingerprint density at radius 3 is 2.44 bits per heavy atom. The van der Waals surface area contributed by atoms with Gasteiger partial charge in [-0.05, 0) is 49.5 Å². The number of rotatable bonds is 2. The minimum atomic E-state index is -0.226. The summed E-state index contributed by atoms with van der Waals surface area (Å²) < 4.78 is 0. The largest absolute Gasteiger partial charge is 0.388 e. The zero-order valence-corrected chi connectivity index (χ0v) is 9.89. The summed E-state index contributed by atoms with van der Waals surface area (Å²) >= 11 is 0. The lowest BCUT2D eigenvalue weighted by Crippen LogP contribution is -2.19. The molecule has 1 unspecified atom stereocenters. The first kappa shape index (κ1) is 10.3. The van der Waals surface area contributed by atoms with Gasteiger partial charge in [0.25, 0.3) is 0 Å². The predicted molar refractivity (Wildman–Crippen MR) is 65.1 cm³/mol. The standard InChI is InChI=1S/C15H20O/c1-10-2-5-12(6-3-10)15(16)14-9-11-4-7-13(14)8-11/h2-3,5-6,11,13-16H,4,7-9H2,1H3/t11-,13+,14?,15+/m0/s1. The Labute approximate surface area is 97.5 Å². The van der Waals surface area contributed by atoms with Crippen molar-refractivity contribution in [3.05, 3.63) is 35.4 Å². The maximum absolute atomic E-state index is 10.4. The summed E-state index contributed by atoms with van der Waals surface area (Å²) in [5.74, 6) is 2.23. The molecule has 0 amide bonds. The van der Waals surface area contributed by atoms with Gasteiger partial charge in [0, 0.05) is 0 Å². The van der Waals surface area contributed by atoms with Crippen molar-refractivity contribution in [1.82, 2.24) is 0 Å². The molecule has 0 aliphatic heterocycles. The summed E-state index contributed by atoms with van der Waals surface area (Å²) in [6.07, 6.45) is 5.14. The molecule has 2 bridgehead atoms. The fourth-order valence-corrected chi connectivity index (χ4v) is 3.69. The Bertz CT molecular complexity index is 368. The van der Waals surface area contributed by atoms with Crippen molar-refractivity contribution in [3.63, 3.8) is 0 Å². The second-order valence-electron chi connectivity index (χ2n) is 5.69. The summed E-state index contributed by atoms with van der Waals surface area (Å²) in [7, 11) is 0. The molecule has 2 aliphatic carbocycles. The van der Waals surface area contributed by atoms with E-state index in [-0.39, 0.29) is 6.10 Å². The van der Waals surface area contributed by atoms with Gasteiger partial charge >= 0.3 is 0 Å². The molecule has 16 heavy (non-hydrogen) atoms. The number of hydrogen-bond donors (Lipinski definition) is 1. The van der Waals surface area contributed by atoms with Gasteiger partial charge in [-0.1, -0.05) is 36.2 Å². The number of aryl methyl sites for hydroxylation is 1. The Balaban J connectivity index is 1.77. The van der Waals surface area contributed by atoms with Gasteiger partial charge in [-0.2, -0.15) is 0 Å². The highest BCUT2D eigenvalue weighted by molar-refractivity contribution is 5.24. The molecule has 4 atom stereocenters. The van der Waals surface area contributed by atoms with Gasteiger partial charge in [-0.3, -0.25) is 0 Å². The first-order valence-electron chi connectivity index (χ1n) is 6.48. The average Bonchev–Trinajstić information content (AvgIpc) is 2.91. The number of benzene rings is 1. The van der Waals surface area contributed by atoms with Crippen LogP contribution in [-0.4, -0.2) is 5.11 Å². The lowest BCUT2D eigenvalue weighted by Gasteiger charge is -2.27. The quantitative estimate of drug-likeness (QED) is 0.802. The second-order valence-corrected chi connectivity index (χ2v) is 5.69. The number of aliphatic hydroxyl groups excluding tert-OH is 1. The van der Waals surface area contributed by atoms with Gasteiger partial charge in [-0.15, -0.1) is 0 Å². The zero-order chi connectivity index (χ0) is 11.1. The minimum absolute atomic E-state index is 0.226. The van der Waals surface area contributed by atoms with Crippen LogP contribution in [0.5, 0.6) is 0 Å².